The third-order valence-corrected chi connectivity index (χ3v) is 5.00. The zero-order valence-electron chi connectivity index (χ0n) is 15.8. The second-order valence-corrected chi connectivity index (χ2v) is 7.04. The maximum Gasteiger partial charge on any atom is 0.209 e. The Morgan fingerprint density at radius 3 is 2.79 bits per heavy atom. The van der Waals surface area contributed by atoms with Crippen LogP contribution in [0.1, 0.15) is 11.1 Å². The quantitative estimate of drug-likeness (QED) is 0.412. The summed E-state index contributed by atoms with van der Waals surface area (Å²) in [6.45, 7) is 1.65. The van der Waals surface area contributed by atoms with Gasteiger partial charge >= 0.3 is 0 Å². The topological polar surface area (TPSA) is 74.1 Å². The van der Waals surface area contributed by atoms with E-state index in [0.717, 1.165) is 23.0 Å². The number of aromatic nitrogens is 4. The van der Waals surface area contributed by atoms with Gasteiger partial charge in [-0.1, -0.05) is 36.0 Å². The second-order valence-electron chi connectivity index (χ2n) is 5.98. The standard InChI is InChI=1S/C19H22FN5O2S/c1-25-19(22-23-24-25)28-10-9-21-12-14-7-8-17(18(11-14)26-2)27-13-15-5-3-4-6-16(15)20/h3-8,11,21H,9-10,12-13H2,1-2H3. The van der Waals surface area contributed by atoms with E-state index in [-0.39, 0.29) is 12.4 Å². The third kappa shape index (κ3) is 5.43. The first kappa shape index (κ1) is 20.1. The Hall–Kier alpha value is -2.65. The zero-order valence-corrected chi connectivity index (χ0v) is 16.6. The van der Waals surface area contributed by atoms with Crippen molar-refractivity contribution in [3.8, 4) is 11.5 Å². The first-order valence-electron chi connectivity index (χ1n) is 8.76. The number of rotatable bonds is 10. The molecule has 7 nitrogen and oxygen atoms in total. The lowest BCUT2D eigenvalue weighted by Gasteiger charge is -2.13. The molecule has 0 saturated heterocycles. The average Bonchev–Trinajstić information content (AvgIpc) is 3.12. The third-order valence-electron chi connectivity index (χ3n) is 3.99. The summed E-state index contributed by atoms with van der Waals surface area (Å²) in [5.74, 6) is 1.78. The molecule has 148 valence electrons. The fraction of sp³-hybridized carbons (Fsp3) is 0.316. The highest BCUT2D eigenvalue weighted by Crippen LogP contribution is 2.29. The van der Waals surface area contributed by atoms with Crippen LogP contribution in [0.3, 0.4) is 0 Å². The highest BCUT2D eigenvalue weighted by Gasteiger charge is 2.08. The molecular weight excluding hydrogens is 381 g/mol. The van der Waals surface area contributed by atoms with Crippen LogP contribution in [0.25, 0.3) is 0 Å². The number of methoxy groups -OCH3 is 1. The van der Waals surface area contributed by atoms with Gasteiger partial charge in [0.05, 0.1) is 7.11 Å². The molecule has 0 bridgehead atoms. The zero-order chi connectivity index (χ0) is 19.8. The molecule has 0 aliphatic carbocycles. The molecule has 1 aromatic heterocycles. The van der Waals surface area contributed by atoms with Gasteiger partial charge in [0.25, 0.3) is 0 Å². The van der Waals surface area contributed by atoms with Gasteiger partial charge in [-0.3, -0.25) is 0 Å². The molecule has 1 N–H and O–H groups in total. The fourth-order valence-electron chi connectivity index (χ4n) is 2.50. The summed E-state index contributed by atoms with van der Waals surface area (Å²) < 4.78 is 26.5. The largest absolute Gasteiger partial charge is 0.493 e. The number of hydrogen-bond acceptors (Lipinski definition) is 7. The minimum atomic E-state index is -0.280. The molecule has 1 heterocycles. The van der Waals surface area contributed by atoms with Crippen LogP contribution in [0.2, 0.25) is 0 Å². The molecule has 2 aromatic carbocycles. The second kappa shape index (κ2) is 10.0. The van der Waals surface area contributed by atoms with Crippen molar-refractivity contribution in [3.05, 3.63) is 59.4 Å². The summed E-state index contributed by atoms with van der Waals surface area (Å²) in [5.41, 5.74) is 1.58. The van der Waals surface area contributed by atoms with Crippen LogP contribution in [0.5, 0.6) is 11.5 Å². The normalized spacial score (nSPS) is 10.8. The maximum absolute atomic E-state index is 13.7. The lowest BCUT2D eigenvalue weighted by Crippen LogP contribution is -2.16. The van der Waals surface area contributed by atoms with Crippen molar-refractivity contribution in [2.75, 3.05) is 19.4 Å². The number of halogens is 1. The number of nitrogens with one attached hydrogen (secondary N) is 1. The van der Waals surface area contributed by atoms with E-state index < -0.39 is 0 Å². The summed E-state index contributed by atoms with van der Waals surface area (Å²) in [7, 11) is 3.41. The maximum atomic E-state index is 13.7. The van der Waals surface area contributed by atoms with Gasteiger partial charge in [0.15, 0.2) is 11.5 Å². The van der Waals surface area contributed by atoms with Crippen LogP contribution in [0, 0.1) is 5.82 Å². The highest BCUT2D eigenvalue weighted by molar-refractivity contribution is 7.99. The monoisotopic (exact) mass is 403 g/mol. The minimum absolute atomic E-state index is 0.148. The average molecular weight is 403 g/mol. The number of hydrogen-bond donors (Lipinski definition) is 1. The van der Waals surface area contributed by atoms with Crippen LogP contribution < -0.4 is 14.8 Å². The Balaban J connectivity index is 1.48. The van der Waals surface area contributed by atoms with E-state index in [9.17, 15) is 4.39 Å². The van der Waals surface area contributed by atoms with E-state index in [2.05, 4.69) is 20.8 Å². The number of nitrogens with zero attached hydrogens (tertiary/aromatic N) is 4. The number of aryl methyl sites for hydroxylation is 1. The van der Waals surface area contributed by atoms with Gasteiger partial charge in [-0.05, 0) is 34.2 Å². The Bertz CT molecular complexity index is 906. The van der Waals surface area contributed by atoms with Gasteiger partial charge < -0.3 is 14.8 Å². The number of benzene rings is 2. The molecule has 0 aliphatic rings. The van der Waals surface area contributed by atoms with Crippen LogP contribution >= 0.6 is 11.8 Å². The summed E-state index contributed by atoms with van der Waals surface area (Å²) in [6, 6.07) is 12.3. The van der Waals surface area contributed by atoms with Crippen LogP contribution in [-0.2, 0) is 20.2 Å². The molecule has 0 amide bonds. The van der Waals surface area contributed by atoms with Crippen molar-refractivity contribution in [2.24, 2.45) is 7.05 Å². The number of thioether (sulfide) groups is 1. The van der Waals surface area contributed by atoms with Crippen molar-refractivity contribution in [1.29, 1.82) is 0 Å². The van der Waals surface area contributed by atoms with Crippen molar-refractivity contribution >= 4 is 11.8 Å². The van der Waals surface area contributed by atoms with Crippen LogP contribution in [0.4, 0.5) is 4.39 Å². The van der Waals surface area contributed by atoms with Gasteiger partial charge in [-0.2, -0.15) is 0 Å². The molecule has 9 heteroatoms. The molecule has 0 aliphatic heterocycles. The summed E-state index contributed by atoms with van der Waals surface area (Å²) in [6.07, 6.45) is 0. The molecule has 28 heavy (non-hydrogen) atoms. The predicted octanol–water partition coefficient (Wildman–Crippen LogP) is 2.82. The lowest BCUT2D eigenvalue weighted by atomic mass is 10.2. The van der Waals surface area contributed by atoms with E-state index in [1.165, 1.54) is 6.07 Å². The number of ether oxygens (including phenoxy) is 2. The Kier molecular flexibility index (Phi) is 7.21. The predicted molar refractivity (Wildman–Crippen MR) is 105 cm³/mol. The van der Waals surface area contributed by atoms with E-state index in [1.54, 1.807) is 41.8 Å². The highest BCUT2D eigenvalue weighted by atomic mass is 32.2. The van der Waals surface area contributed by atoms with Crippen molar-refractivity contribution in [2.45, 2.75) is 18.3 Å². The molecule has 0 atom stereocenters. The van der Waals surface area contributed by atoms with Crippen molar-refractivity contribution in [1.82, 2.24) is 25.5 Å². The molecule has 3 rings (SSSR count). The summed E-state index contributed by atoms with van der Waals surface area (Å²) in [4.78, 5) is 0. The van der Waals surface area contributed by atoms with Crippen molar-refractivity contribution in [3.63, 3.8) is 0 Å². The molecule has 3 aromatic rings. The lowest BCUT2D eigenvalue weighted by molar-refractivity contribution is 0.279. The molecule has 0 fully saturated rings. The Morgan fingerprint density at radius 1 is 1.18 bits per heavy atom. The van der Waals surface area contributed by atoms with E-state index >= 15 is 0 Å². The fourth-order valence-corrected chi connectivity index (χ4v) is 3.25. The molecular formula is C19H22FN5O2S. The van der Waals surface area contributed by atoms with Crippen LogP contribution in [0.15, 0.2) is 47.6 Å². The van der Waals surface area contributed by atoms with Gasteiger partial charge in [0.2, 0.25) is 5.16 Å². The van der Waals surface area contributed by atoms with Gasteiger partial charge in [0.1, 0.15) is 12.4 Å². The van der Waals surface area contributed by atoms with Gasteiger partial charge in [-0.15, -0.1) is 5.10 Å². The van der Waals surface area contributed by atoms with Crippen molar-refractivity contribution < 1.29 is 13.9 Å². The van der Waals surface area contributed by atoms with Gasteiger partial charge in [-0.25, -0.2) is 9.07 Å². The Morgan fingerprint density at radius 2 is 2.04 bits per heavy atom. The summed E-state index contributed by atoms with van der Waals surface area (Å²) >= 11 is 1.59. The first-order chi connectivity index (χ1) is 13.7. The molecule has 0 radical (unpaired) electrons. The molecule has 0 saturated carbocycles. The van der Waals surface area contributed by atoms with Crippen LogP contribution in [-0.4, -0.2) is 39.6 Å². The van der Waals surface area contributed by atoms with E-state index in [4.69, 9.17) is 9.47 Å². The van der Waals surface area contributed by atoms with Gasteiger partial charge in [0, 0.05) is 31.5 Å². The SMILES string of the molecule is COc1cc(CNCCSc2nnnn2C)ccc1OCc1ccccc1F. The van der Waals surface area contributed by atoms with E-state index in [0.29, 0.717) is 23.6 Å². The minimum Gasteiger partial charge on any atom is -0.493 e. The smallest absolute Gasteiger partial charge is 0.209 e. The number of tetrazole rings is 1. The molecule has 0 unspecified atom stereocenters. The molecule has 0 spiro atoms. The first-order valence-corrected chi connectivity index (χ1v) is 9.75. The summed E-state index contributed by atoms with van der Waals surface area (Å²) in [5, 5.41) is 15.5. The Labute approximate surface area is 167 Å². The van der Waals surface area contributed by atoms with E-state index in [1.807, 2.05) is 25.2 Å².